The van der Waals surface area contributed by atoms with Crippen LogP contribution in [0.5, 0.6) is 0 Å². The first kappa shape index (κ1) is 13.8. The second kappa shape index (κ2) is 5.65. The quantitative estimate of drug-likeness (QED) is 0.566. The minimum absolute atomic E-state index is 0.934. The van der Waals surface area contributed by atoms with Crippen molar-refractivity contribution in [1.82, 2.24) is 9.67 Å². The molecule has 2 atom stereocenters. The minimum Gasteiger partial charge on any atom is -0.468 e. The largest absolute Gasteiger partial charge is 0.468 e. The lowest BCUT2D eigenvalue weighted by Crippen LogP contribution is -2.61. The number of hydrogen-bond donors (Lipinski definition) is 2. The summed E-state index contributed by atoms with van der Waals surface area (Å²) in [5.74, 6) is -0.934. The van der Waals surface area contributed by atoms with E-state index in [0.717, 1.165) is 14.0 Å². The van der Waals surface area contributed by atoms with E-state index in [4.69, 9.17) is 23.6 Å². The van der Waals surface area contributed by atoms with Gasteiger partial charge < -0.3 is 4.74 Å². The predicted octanol–water partition coefficient (Wildman–Crippen LogP) is 1.04. The molecule has 0 heterocycles. The van der Waals surface area contributed by atoms with Gasteiger partial charge in [0.05, 0.1) is 7.11 Å². The average molecular weight is 251 g/mol. The molecule has 0 aliphatic rings. The van der Waals surface area contributed by atoms with E-state index in [-0.39, 0.29) is 0 Å². The van der Waals surface area contributed by atoms with Crippen LogP contribution < -0.4 is 9.67 Å². The second-order valence-corrected chi connectivity index (χ2v) is 3.15. The van der Waals surface area contributed by atoms with Gasteiger partial charge in [-0.25, -0.2) is 18.5 Å². The third-order valence-corrected chi connectivity index (χ3v) is 2.43. The van der Waals surface area contributed by atoms with E-state index < -0.39 is 24.0 Å². The molecule has 0 aromatic heterocycles. The van der Waals surface area contributed by atoms with Crippen LogP contribution in [0, 0.1) is 0 Å². The smallest absolute Gasteiger partial charge is 0.326 e. The van der Waals surface area contributed by atoms with Gasteiger partial charge in [-0.3, -0.25) is 4.79 Å². The first-order valence-corrected chi connectivity index (χ1v) is 4.29. The summed E-state index contributed by atoms with van der Waals surface area (Å²) in [6.45, 7) is 1.04. The van der Waals surface area contributed by atoms with E-state index in [0.29, 0.717) is 0 Å². The highest BCUT2D eigenvalue weighted by Crippen LogP contribution is 2.22. The minimum atomic E-state index is -2.89. The van der Waals surface area contributed by atoms with Crippen molar-refractivity contribution in [2.45, 2.75) is 24.9 Å². The molecule has 0 spiro atoms. The van der Waals surface area contributed by atoms with Gasteiger partial charge in [0.2, 0.25) is 0 Å². The van der Waals surface area contributed by atoms with Gasteiger partial charge in [-0.05, 0) is 30.5 Å². The first-order chi connectivity index (χ1) is 6.43. The summed E-state index contributed by atoms with van der Waals surface area (Å²) in [7, 11) is 1.06. The fraction of sp³-hybridized carbons (Fsp3) is 0.833. The van der Waals surface area contributed by atoms with Gasteiger partial charge in [0.25, 0.3) is 6.43 Å². The lowest BCUT2D eigenvalue weighted by atomic mass is 9.95. The van der Waals surface area contributed by atoms with Crippen molar-refractivity contribution in [1.29, 1.82) is 0 Å². The molecule has 0 aromatic carbocycles. The number of rotatable bonds is 5. The molecule has 8 heteroatoms. The SMILES string of the molecule is COC(=O)[C@@H](NCl)[C@](C)(NCl)C(F)F. The van der Waals surface area contributed by atoms with Gasteiger partial charge in [0, 0.05) is 0 Å². The Labute approximate surface area is 90.1 Å². The van der Waals surface area contributed by atoms with Gasteiger partial charge in [0.1, 0.15) is 11.6 Å². The highest BCUT2D eigenvalue weighted by molar-refractivity contribution is 6.16. The molecule has 0 bridgehead atoms. The lowest BCUT2D eigenvalue weighted by molar-refractivity contribution is -0.146. The second-order valence-electron chi connectivity index (χ2n) is 2.74. The van der Waals surface area contributed by atoms with Crippen molar-refractivity contribution in [2.24, 2.45) is 0 Å². The van der Waals surface area contributed by atoms with Crippen molar-refractivity contribution in [3.63, 3.8) is 0 Å². The summed E-state index contributed by atoms with van der Waals surface area (Å²) in [6.07, 6.45) is -2.89. The molecule has 2 N–H and O–H groups in total. The maximum atomic E-state index is 12.6. The van der Waals surface area contributed by atoms with Crippen LogP contribution >= 0.6 is 23.6 Å². The maximum Gasteiger partial charge on any atom is 0.326 e. The van der Waals surface area contributed by atoms with Crippen LogP contribution in [0.25, 0.3) is 0 Å². The number of esters is 1. The van der Waals surface area contributed by atoms with Crippen LogP contribution in [0.3, 0.4) is 0 Å². The van der Waals surface area contributed by atoms with Crippen LogP contribution in [0.15, 0.2) is 0 Å². The van der Waals surface area contributed by atoms with E-state index in [1.807, 2.05) is 9.67 Å². The number of nitrogens with one attached hydrogen (secondary N) is 2. The molecule has 0 amide bonds. The zero-order valence-electron chi connectivity index (χ0n) is 7.48. The van der Waals surface area contributed by atoms with Gasteiger partial charge >= 0.3 is 5.97 Å². The topological polar surface area (TPSA) is 50.4 Å². The number of halogens is 4. The highest BCUT2D eigenvalue weighted by Gasteiger charge is 2.47. The molecular formula is C6H10Cl2F2N2O2. The third kappa shape index (κ3) is 2.66. The van der Waals surface area contributed by atoms with Crippen LogP contribution in [0.4, 0.5) is 8.78 Å². The molecule has 0 fully saturated rings. The number of methoxy groups -OCH3 is 1. The normalized spacial score (nSPS) is 17.6. The Bertz CT molecular complexity index is 208. The number of ether oxygens (including phenoxy) is 1. The molecule has 0 unspecified atom stereocenters. The standard InChI is InChI=1S/C6H10Cl2F2N2O2/c1-6(12-8,5(9)10)3(11-7)4(13)14-2/h3,5,11-12H,1-2H3/t3-,6+/m1/s1. The van der Waals surface area contributed by atoms with E-state index in [1.165, 1.54) is 0 Å². The molecular weight excluding hydrogens is 241 g/mol. The monoisotopic (exact) mass is 250 g/mol. The van der Waals surface area contributed by atoms with Crippen molar-refractivity contribution >= 4 is 29.5 Å². The molecule has 84 valence electrons. The molecule has 0 saturated heterocycles. The summed E-state index contributed by atoms with van der Waals surface area (Å²) < 4.78 is 29.4. The fourth-order valence-electron chi connectivity index (χ4n) is 0.742. The summed E-state index contributed by atoms with van der Waals surface area (Å²) >= 11 is 10.3. The van der Waals surface area contributed by atoms with Gasteiger partial charge in [-0.2, -0.15) is 0 Å². The van der Waals surface area contributed by atoms with Crippen molar-refractivity contribution in [2.75, 3.05) is 7.11 Å². The number of carbonyl (C=O) groups is 1. The van der Waals surface area contributed by atoms with Crippen LogP contribution in [-0.4, -0.2) is 31.1 Å². The first-order valence-electron chi connectivity index (χ1n) is 3.54. The Morgan fingerprint density at radius 3 is 2.21 bits per heavy atom. The Hall–Kier alpha value is -0.170. The van der Waals surface area contributed by atoms with Crippen LogP contribution in [-0.2, 0) is 9.53 Å². The molecule has 0 aromatic rings. The Morgan fingerprint density at radius 1 is 1.50 bits per heavy atom. The van der Waals surface area contributed by atoms with E-state index in [9.17, 15) is 13.6 Å². The van der Waals surface area contributed by atoms with E-state index in [2.05, 4.69) is 4.74 Å². The molecule has 0 aliphatic heterocycles. The molecule has 4 nitrogen and oxygen atoms in total. The van der Waals surface area contributed by atoms with Gasteiger partial charge in [0.15, 0.2) is 0 Å². The van der Waals surface area contributed by atoms with E-state index >= 15 is 0 Å². The number of alkyl halides is 2. The van der Waals surface area contributed by atoms with Crippen LogP contribution in [0.2, 0.25) is 0 Å². The van der Waals surface area contributed by atoms with E-state index in [1.54, 1.807) is 0 Å². The lowest BCUT2D eigenvalue weighted by Gasteiger charge is -2.32. The summed E-state index contributed by atoms with van der Waals surface area (Å²) in [4.78, 5) is 14.8. The molecule has 0 saturated carbocycles. The van der Waals surface area contributed by atoms with Gasteiger partial charge in [-0.1, -0.05) is 0 Å². The Kier molecular flexibility index (Phi) is 5.58. The van der Waals surface area contributed by atoms with Crippen molar-refractivity contribution in [3.05, 3.63) is 0 Å². The zero-order chi connectivity index (χ0) is 11.4. The Morgan fingerprint density at radius 2 is 2.00 bits per heavy atom. The summed E-state index contributed by atoms with van der Waals surface area (Å²) in [5, 5.41) is 0. The number of hydrogen-bond acceptors (Lipinski definition) is 4. The number of carbonyl (C=O) groups excluding carboxylic acids is 1. The molecule has 0 radical (unpaired) electrons. The zero-order valence-corrected chi connectivity index (χ0v) is 8.99. The highest BCUT2D eigenvalue weighted by atomic mass is 35.5. The maximum absolute atomic E-state index is 12.6. The Balaban J connectivity index is 4.86. The summed E-state index contributed by atoms with van der Waals surface area (Å²) in [5.41, 5.74) is -2.00. The van der Waals surface area contributed by atoms with Crippen molar-refractivity contribution in [3.8, 4) is 0 Å². The van der Waals surface area contributed by atoms with Gasteiger partial charge in [-0.15, -0.1) is 0 Å². The molecule has 14 heavy (non-hydrogen) atoms. The van der Waals surface area contributed by atoms with Crippen LogP contribution in [0.1, 0.15) is 6.92 Å². The predicted molar refractivity (Wildman–Crippen MR) is 48.2 cm³/mol. The molecule has 0 rings (SSSR count). The van der Waals surface area contributed by atoms with Crippen molar-refractivity contribution < 1.29 is 18.3 Å². The average Bonchev–Trinajstić information content (AvgIpc) is 2.17. The fourth-order valence-corrected chi connectivity index (χ4v) is 1.25. The molecule has 0 aliphatic carbocycles. The third-order valence-electron chi connectivity index (χ3n) is 1.80. The summed E-state index contributed by atoms with van der Waals surface area (Å²) in [6, 6.07) is -1.45.